The van der Waals surface area contributed by atoms with Crippen molar-refractivity contribution in [2.24, 2.45) is 59.2 Å². The molecule has 0 nitrogen and oxygen atoms in total. The largest absolute Gasteiger partial charge is 1.00 e. The maximum atomic E-state index is 2.63. The van der Waals surface area contributed by atoms with Crippen molar-refractivity contribution in [3.8, 4) is 0 Å². The van der Waals surface area contributed by atoms with Gasteiger partial charge in [-0.25, -0.2) is 0 Å². The monoisotopic (exact) mass is 534 g/mol. The zero-order chi connectivity index (χ0) is 19.5. The Balaban J connectivity index is 0.00000116. The Morgan fingerprint density at radius 1 is 0.548 bits per heavy atom. The van der Waals surface area contributed by atoms with E-state index in [4.69, 9.17) is 0 Å². The fourth-order valence-corrected chi connectivity index (χ4v) is 16.3. The van der Waals surface area contributed by atoms with E-state index in [0.29, 0.717) is 0 Å². The molecule has 4 fully saturated rings. The Morgan fingerprint density at radius 3 is 1.35 bits per heavy atom. The van der Waals surface area contributed by atoms with Crippen LogP contribution in [0, 0.1) is 59.2 Å². The van der Waals surface area contributed by atoms with Gasteiger partial charge >= 0.3 is 191 Å². The Morgan fingerprint density at radius 2 is 0.935 bits per heavy atom. The van der Waals surface area contributed by atoms with Crippen molar-refractivity contribution in [1.29, 1.82) is 0 Å². The molecule has 12 atom stereocenters. The van der Waals surface area contributed by atoms with Crippen LogP contribution in [0.5, 0.6) is 0 Å². The van der Waals surface area contributed by atoms with Crippen molar-refractivity contribution >= 4 is 0 Å². The van der Waals surface area contributed by atoms with Crippen LogP contribution in [0.15, 0.2) is 48.6 Å². The van der Waals surface area contributed by atoms with Crippen LogP contribution >= 0.6 is 0 Å². The van der Waals surface area contributed by atoms with Gasteiger partial charge in [-0.3, -0.25) is 0 Å². The summed E-state index contributed by atoms with van der Waals surface area (Å²) < 4.78 is 2.34. The molecule has 0 aliphatic heterocycles. The first-order valence-corrected chi connectivity index (χ1v) is 15.5. The average Bonchev–Trinajstić information content (AvgIpc) is 3.23. The van der Waals surface area contributed by atoms with Crippen molar-refractivity contribution in [3.63, 3.8) is 0 Å². The summed E-state index contributed by atoms with van der Waals surface area (Å²) >= 11 is -0.374. The molecule has 0 radical (unpaired) electrons. The van der Waals surface area contributed by atoms with Gasteiger partial charge in [0, 0.05) is 0 Å². The summed E-state index contributed by atoms with van der Waals surface area (Å²) in [6.45, 7) is 5.27. The first kappa shape index (κ1) is 24.5. The maximum Gasteiger partial charge on any atom is -1.00 e. The number of hydrogen-bond acceptors (Lipinski definition) is 0. The van der Waals surface area contributed by atoms with E-state index in [1.807, 2.05) is 0 Å². The minimum absolute atomic E-state index is 0. The van der Waals surface area contributed by atoms with Gasteiger partial charge in [-0.05, 0) is 0 Å². The van der Waals surface area contributed by atoms with Crippen molar-refractivity contribution < 1.29 is 48.0 Å². The number of rotatable bonds is 2. The average molecular weight is 537 g/mol. The predicted molar refractivity (Wildman–Crippen MR) is 118 cm³/mol. The molecule has 31 heavy (non-hydrogen) atoms. The Hall–Kier alpha value is 0.423. The minimum atomic E-state index is -0.374. The summed E-state index contributed by atoms with van der Waals surface area (Å²) in [5.41, 5.74) is 0. The molecule has 0 N–H and O–H groups in total. The van der Waals surface area contributed by atoms with Crippen LogP contribution < -0.4 is 24.8 Å². The Kier molecular flexibility index (Phi) is 7.89. The first-order valence-electron chi connectivity index (χ1n) is 12.7. The van der Waals surface area contributed by atoms with Crippen molar-refractivity contribution in [3.05, 3.63) is 48.6 Å². The molecule has 168 valence electrons. The molecular weight excluding hydrogens is 498 g/mol. The van der Waals surface area contributed by atoms with Gasteiger partial charge < -0.3 is 24.8 Å². The Bertz CT molecular complexity index is 692. The van der Waals surface area contributed by atoms with Gasteiger partial charge in [0.15, 0.2) is 0 Å². The molecule has 6 rings (SSSR count). The zero-order valence-corrected chi connectivity index (χ0v) is 23.0. The molecule has 0 spiro atoms. The molecule has 4 saturated carbocycles. The zero-order valence-electron chi connectivity index (χ0n) is 19.0. The van der Waals surface area contributed by atoms with Gasteiger partial charge in [0.1, 0.15) is 0 Å². The van der Waals surface area contributed by atoms with Crippen LogP contribution in [-0.4, -0.2) is 0 Å². The van der Waals surface area contributed by atoms with E-state index < -0.39 is 0 Å². The van der Waals surface area contributed by atoms with Crippen LogP contribution in [0.1, 0.15) is 52.4 Å². The SMILES string of the molecule is CC1C2C=CC=CC2C2CCC[CH]([Zr+2][CH]3CCCC4C5C=CC=CC5C(C)C34)C12.[Cl-].[Cl-]. The summed E-state index contributed by atoms with van der Waals surface area (Å²) in [4.78, 5) is 0. The van der Waals surface area contributed by atoms with Gasteiger partial charge in [-0.15, -0.1) is 0 Å². The number of allylic oxidation sites excluding steroid dienone is 8. The molecule has 6 aliphatic rings. The number of fused-ring (bicyclic) bond motifs is 6. The second-order valence-corrected chi connectivity index (χ2v) is 15.8. The number of halogens is 2. The normalized spacial score (nSPS) is 50.9. The smallest absolute Gasteiger partial charge is 1.00 e. The molecule has 0 saturated heterocycles. The summed E-state index contributed by atoms with van der Waals surface area (Å²) in [5, 5.41) is 0. The second kappa shape index (κ2) is 9.96. The molecule has 3 heteroatoms. The van der Waals surface area contributed by atoms with Gasteiger partial charge in [-0.1, -0.05) is 0 Å². The van der Waals surface area contributed by atoms with Crippen LogP contribution in [0.4, 0.5) is 0 Å². The number of hydrogen-bond donors (Lipinski definition) is 0. The van der Waals surface area contributed by atoms with Crippen molar-refractivity contribution in [1.82, 2.24) is 0 Å². The molecule has 0 amide bonds. The minimum Gasteiger partial charge on any atom is -1.00 e. The third-order valence-electron chi connectivity index (χ3n) is 10.3. The molecule has 6 aliphatic carbocycles. The summed E-state index contributed by atoms with van der Waals surface area (Å²) in [5.74, 6) is 9.52. The van der Waals surface area contributed by atoms with E-state index in [9.17, 15) is 0 Å². The van der Waals surface area contributed by atoms with Gasteiger partial charge in [0.2, 0.25) is 0 Å². The third kappa shape index (κ3) is 4.00. The predicted octanol–water partition coefficient (Wildman–Crippen LogP) is 1.50. The van der Waals surface area contributed by atoms with E-state index in [1.165, 1.54) is 32.9 Å². The fraction of sp³-hybridized carbons (Fsp3) is 0.714. The molecular formula is C28H38Cl2Zr. The fourth-order valence-electron chi connectivity index (χ4n) is 9.29. The van der Waals surface area contributed by atoms with Crippen LogP contribution in [0.3, 0.4) is 0 Å². The third-order valence-corrected chi connectivity index (χ3v) is 15.7. The summed E-state index contributed by atoms with van der Waals surface area (Å²) in [7, 11) is 0. The second-order valence-electron chi connectivity index (χ2n) is 11.3. The molecule has 0 aromatic rings. The van der Waals surface area contributed by atoms with Crippen molar-refractivity contribution in [2.45, 2.75) is 59.6 Å². The topological polar surface area (TPSA) is 0 Å². The van der Waals surface area contributed by atoms with E-state index in [1.54, 1.807) is 12.8 Å². The van der Waals surface area contributed by atoms with E-state index in [2.05, 4.69) is 62.5 Å². The van der Waals surface area contributed by atoms with Gasteiger partial charge in [0.25, 0.3) is 0 Å². The first-order chi connectivity index (χ1) is 14.2. The van der Waals surface area contributed by atoms with Crippen molar-refractivity contribution in [2.75, 3.05) is 0 Å². The maximum absolute atomic E-state index is 2.63. The standard InChI is InChI=1S/2C14H19.2ClH.Zr/c2*1-10-11-6-2-4-8-13(11)14-9-5-3-7-12(10)14;;;/h2*2,4,6-8,10-14H,3,5,9H2,1H3;2*1H;/q;;;;+2/p-2. The summed E-state index contributed by atoms with van der Waals surface area (Å²) in [6.07, 6.45) is 29.1. The molecule has 0 aromatic carbocycles. The molecule has 0 bridgehead atoms. The van der Waals surface area contributed by atoms with Gasteiger partial charge in [-0.2, -0.15) is 0 Å². The van der Waals surface area contributed by atoms with Gasteiger partial charge in [0.05, 0.1) is 0 Å². The molecule has 0 heterocycles. The van der Waals surface area contributed by atoms with E-state index in [-0.39, 0.29) is 48.0 Å². The van der Waals surface area contributed by atoms with Crippen LogP contribution in [0.2, 0.25) is 7.25 Å². The Labute approximate surface area is 214 Å². The quantitative estimate of drug-likeness (QED) is 0.502. The molecule has 12 unspecified atom stereocenters. The summed E-state index contributed by atoms with van der Waals surface area (Å²) in [6, 6.07) is 0. The van der Waals surface area contributed by atoms with E-state index >= 15 is 0 Å². The molecule has 0 aromatic heterocycles. The van der Waals surface area contributed by atoms with Crippen LogP contribution in [-0.2, 0) is 23.2 Å². The van der Waals surface area contributed by atoms with E-state index in [0.717, 1.165) is 59.2 Å². The van der Waals surface area contributed by atoms with Crippen LogP contribution in [0.25, 0.3) is 0 Å².